The van der Waals surface area contributed by atoms with E-state index in [1.54, 1.807) is 19.1 Å². The summed E-state index contributed by atoms with van der Waals surface area (Å²) in [6.07, 6.45) is 0.516. The van der Waals surface area contributed by atoms with Crippen LogP contribution in [0.1, 0.15) is 12.0 Å². The van der Waals surface area contributed by atoms with Gasteiger partial charge in [-0.1, -0.05) is 11.8 Å². The third-order valence-electron chi connectivity index (χ3n) is 4.69. The van der Waals surface area contributed by atoms with Gasteiger partial charge >= 0.3 is 0 Å². The molecular formula is C18H22N2O4S2. The molecule has 0 spiro atoms. The molecule has 0 saturated carbocycles. The van der Waals surface area contributed by atoms with Gasteiger partial charge < -0.3 is 9.64 Å². The number of benzene rings is 1. The maximum atomic E-state index is 12.4. The Bertz CT molecular complexity index is 944. The Morgan fingerprint density at radius 3 is 2.81 bits per heavy atom. The molecule has 3 rings (SSSR count). The molecule has 0 N–H and O–H groups in total. The number of pyridine rings is 1. The van der Waals surface area contributed by atoms with E-state index >= 15 is 0 Å². The summed E-state index contributed by atoms with van der Waals surface area (Å²) in [5, 5.41) is 1.82. The topological polar surface area (TPSA) is 76.6 Å². The molecule has 8 heteroatoms. The van der Waals surface area contributed by atoms with Crippen molar-refractivity contribution in [2.75, 3.05) is 31.4 Å². The van der Waals surface area contributed by atoms with E-state index in [-0.39, 0.29) is 29.2 Å². The van der Waals surface area contributed by atoms with Crippen molar-refractivity contribution >= 4 is 38.4 Å². The van der Waals surface area contributed by atoms with E-state index in [4.69, 9.17) is 4.74 Å². The first-order chi connectivity index (χ1) is 12.3. The van der Waals surface area contributed by atoms with E-state index in [0.29, 0.717) is 6.42 Å². The highest BCUT2D eigenvalue weighted by Crippen LogP contribution is 2.27. The number of sulfone groups is 1. The Labute approximate surface area is 157 Å². The van der Waals surface area contributed by atoms with Gasteiger partial charge in [0.1, 0.15) is 5.75 Å². The van der Waals surface area contributed by atoms with Crippen LogP contribution in [-0.4, -0.2) is 61.7 Å². The van der Waals surface area contributed by atoms with E-state index in [2.05, 4.69) is 4.98 Å². The monoisotopic (exact) mass is 394 g/mol. The van der Waals surface area contributed by atoms with Crippen molar-refractivity contribution in [2.45, 2.75) is 24.4 Å². The van der Waals surface area contributed by atoms with Gasteiger partial charge in [-0.15, -0.1) is 0 Å². The summed E-state index contributed by atoms with van der Waals surface area (Å²) < 4.78 is 28.4. The molecule has 6 nitrogen and oxygen atoms in total. The number of methoxy groups -OCH3 is 1. The summed E-state index contributed by atoms with van der Waals surface area (Å²) in [6.45, 7) is 2.01. The Morgan fingerprint density at radius 1 is 1.38 bits per heavy atom. The second-order valence-electron chi connectivity index (χ2n) is 6.51. The molecule has 1 aromatic heterocycles. The van der Waals surface area contributed by atoms with Crippen LogP contribution in [0.5, 0.6) is 5.75 Å². The number of thioether (sulfide) groups is 1. The van der Waals surface area contributed by atoms with Crippen molar-refractivity contribution in [1.82, 2.24) is 9.88 Å². The number of ether oxygens (including phenoxy) is 1. The third-order valence-corrected chi connectivity index (χ3v) is 7.34. The lowest BCUT2D eigenvalue weighted by Gasteiger charge is -2.23. The molecule has 0 bridgehead atoms. The lowest BCUT2D eigenvalue weighted by Crippen LogP contribution is -2.38. The second-order valence-corrected chi connectivity index (χ2v) is 9.73. The molecule has 2 heterocycles. The minimum atomic E-state index is -3.00. The van der Waals surface area contributed by atoms with Gasteiger partial charge in [0.15, 0.2) is 9.84 Å². The number of carbonyl (C=O) groups is 1. The third kappa shape index (κ3) is 4.12. The zero-order chi connectivity index (χ0) is 18.9. The molecule has 140 valence electrons. The highest BCUT2D eigenvalue weighted by molar-refractivity contribution is 7.99. The Balaban J connectivity index is 1.70. The molecule has 1 saturated heterocycles. The number of hydrogen-bond donors (Lipinski definition) is 0. The molecule has 1 amide bonds. The minimum absolute atomic E-state index is 0.0625. The number of aromatic nitrogens is 1. The van der Waals surface area contributed by atoms with Crippen LogP contribution >= 0.6 is 11.8 Å². The largest absolute Gasteiger partial charge is 0.497 e. The van der Waals surface area contributed by atoms with E-state index in [0.717, 1.165) is 27.2 Å². The maximum Gasteiger partial charge on any atom is 0.233 e. The number of aryl methyl sites for hydroxylation is 1. The van der Waals surface area contributed by atoms with E-state index in [9.17, 15) is 13.2 Å². The van der Waals surface area contributed by atoms with Gasteiger partial charge in [-0.25, -0.2) is 13.4 Å². The van der Waals surface area contributed by atoms with Crippen LogP contribution in [0.3, 0.4) is 0 Å². The van der Waals surface area contributed by atoms with Crippen molar-refractivity contribution in [1.29, 1.82) is 0 Å². The van der Waals surface area contributed by atoms with Crippen LogP contribution in [0.15, 0.2) is 29.3 Å². The zero-order valence-electron chi connectivity index (χ0n) is 15.1. The number of carbonyl (C=O) groups excluding carboxylic acids is 1. The van der Waals surface area contributed by atoms with Crippen LogP contribution in [0.25, 0.3) is 10.9 Å². The average Bonchev–Trinajstić information content (AvgIpc) is 2.98. The summed E-state index contributed by atoms with van der Waals surface area (Å²) in [5.41, 5.74) is 1.91. The molecule has 1 aromatic carbocycles. The average molecular weight is 395 g/mol. The molecule has 2 aromatic rings. The fourth-order valence-corrected chi connectivity index (χ4v) is 5.75. The zero-order valence-corrected chi connectivity index (χ0v) is 16.7. The lowest BCUT2D eigenvalue weighted by atomic mass is 10.1. The summed E-state index contributed by atoms with van der Waals surface area (Å²) in [7, 11) is 0.292. The Morgan fingerprint density at radius 2 is 2.15 bits per heavy atom. The predicted molar refractivity (Wildman–Crippen MR) is 104 cm³/mol. The molecule has 1 fully saturated rings. The number of amides is 1. The van der Waals surface area contributed by atoms with Gasteiger partial charge in [0, 0.05) is 24.5 Å². The second kappa shape index (κ2) is 7.44. The number of rotatable bonds is 5. The van der Waals surface area contributed by atoms with Gasteiger partial charge in [-0.2, -0.15) is 0 Å². The van der Waals surface area contributed by atoms with Gasteiger partial charge in [-0.05, 0) is 37.1 Å². The lowest BCUT2D eigenvalue weighted by molar-refractivity contribution is -0.128. The molecule has 1 atom stereocenters. The molecule has 0 aliphatic carbocycles. The first kappa shape index (κ1) is 19.0. The summed E-state index contributed by atoms with van der Waals surface area (Å²) in [5.74, 6) is 1.12. The maximum absolute atomic E-state index is 12.4. The predicted octanol–water partition coefficient (Wildman–Crippen LogP) is 2.29. The molecular weight excluding hydrogens is 372 g/mol. The standard InChI is InChI=1S/C18H22N2O4S2/c1-12-8-17(19-16-9-14(24-3)4-5-15(12)16)25-10-18(21)20(2)13-6-7-26(22,23)11-13/h4-5,8-9,13H,6-7,10-11H2,1-3H3/t13-/m1/s1. The van der Waals surface area contributed by atoms with Crippen molar-refractivity contribution in [3.8, 4) is 5.75 Å². The van der Waals surface area contributed by atoms with Crippen LogP contribution < -0.4 is 4.74 Å². The van der Waals surface area contributed by atoms with Crippen LogP contribution in [0, 0.1) is 6.92 Å². The number of nitrogens with zero attached hydrogens (tertiary/aromatic N) is 2. The first-order valence-corrected chi connectivity index (χ1v) is 11.1. The number of hydrogen-bond acceptors (Lipinski definition) is 6. The smallest absolute Gasteiger partial charge is 0.233 e. The van der Waals surface area contributed by atoms with Crippen LogP contribution in [0.2, 0.25) is 0 Å². The van der Waals surface area contributed by atoms with Crippen molar-refractivity contribution in [3.63, 3.8) is 0 Å². The first-order valence-electron chi connectivity index (χ1n) is 8.33. The fourth-order valence-electron chi connectivity index (χ4n) is 3.07. The van der Waals surface area contributed by atoms with E-state index in [1.165, 1.54) is 11.8 Å². The van der Waals surface area contributed by atoms with E-state index in [1.807, 2.05) is 31.2 Å². The summed E-state index contributed by atoms with van der Waals surface area (Å²) in [6, 6.07) is 7.50. The van der Waals surface area contributed by atoms with Crippen LogP contribution in [0.4, 0.5) is 0 Å². The van der Waals surface area contributed by atoms with Gasteiger partial charge in [0.2, 0.25) is 5.91 Å². The fraction of sp³-hybridized carbons (Fsp3) is 0.444. The van der Waals surface area contributed by atoms with Crippen molar-refractivity contribution in [2.24, 2.45) is 0 Å². The van der Waals surface area contributed by atoms with Gasteiger partial charge in [-0.3, -0.25) is 4.79 Å². The molecule has 1 aliphatic rings. The molecule has 26 heavy (non-hydrogen) atoms. The SMILES string of the molecule is COc1ccc2c(C)cc(SCC(=O)N(C)[C@@H]3CCS(=O)(=O)C3)nc2c1. The van der Waals surface area contributed by atoms with Gasteiger partial charge in [0.25, 0.3) is 0 Å². The van der Waals surface area contributed by atoms with Crippen molar-refractivity contribution < 1.29 is 17.9 Å². The quantitative estimate of drug-likeness (QED) is 0.724. The Kier molecular flexibility index (Phi) is 5.43. The summed E-state index contributed by atoms with van der Waals surface area (Å²) in [4.78, 5) is 18.6. The highest BCUT2D eigenvalue weighted by Gasteiger charge is 2.32. The summed E-state index contributed by atoms with van der Waals surface area (Å²) >= 11 is 1.37. The minimum Gasteiger partial charge on any atom is -0.497 e. The normalized spacial score (nSPS) is 18.8. The molecule has 1 aliphatic heterocycles. The Hall–Kier alpha value is -1.80. The van der Waals surface area contributed by atoms with Gasteiger partial charge in [0.05, 0.1) is 34.9 Å². The highest BCUT2D eigenvalue weighted by atomic mass is 32.2. The van der Waals surface area contributed by atoms with Crippen LogP contribution in [-0.2, 0) is 14.6 Å². The van der Waals surface area contributed by atoms with E-state index < -0.39 is 9.84 Å². The number of fused-ring (bicyclic) bond motifs is 1. The van der Waals surface area contributed by atoms with Crippen molar-refractivity contribution in [3.05, 3.63) is 29.8 Å². The molecule has 0 radical (unpaired) electrons. The molecule has 0 unspecified atom stereocenters.